The number of benzene rings is 1. The van der Waals surface area contributed by atoms with Crippen LogP contribution in [0.25, 0.3) is 0 Å². The Bertz CT molecular complexity index is 640. The molecule has 1 heterocycles. The average Bonchev–Trinajstić information content (AvgIpc) is 2.86. The lowest BCUT2D eigenvalue weighted by molar-refractivity contribution is 0.0736. The number of aryl methyl sites for hydroxylation is 1. The monoisotopic (exact) mass is 310 g/mol. The van der Waals surface area contributed by atoms with E-state index in [9.17, 15) is 13.2 Å². The second kappa shape index (κ2) is 6.15. The number of sulfone groups is 1. The fourth-order valence-corrected chi connectivity index (χ4v) is 3.41. The highest BCUT2D eigenvalue weighted by atomic mass is 32.2. The molecule has 2 rings (SSSR count). The van der Waals surface area contributed by atoms with Crippen LogP contribution >= 0.6 is 0 Å². The van der Waals surface area contributed by atoms with Crippen molar-refractivity contribution in [2.45, 2.75) is 30.7 Å². The third-order valence-corrected chi connectivity index (χ3v) is 5.06. The minimum absolute atomic E-state index is 0.0734. The molecule has 1 fully saturated rings. The van der Waals surface area contributed by atoms with Crippen LogP contribution in [0.15, 0.2) is 23.1 Å². The molecule has 1 aliphatic rings. The van der Waals surface area contributed by atoms with Crippen LogP contribution in [-0.2, 0) is 9.84 Å². The standard InChI is InChI=1S/C15H22N2O3S/c1-11-6-7-13(21(3,19)20)9-14(11)15(18)17-8-4-5-12(17)10-16-2/h6-7,9,12,16H,4-5,8,10H2,1-3H3/t12-/m1/s1. The van der Waals surface area contributed by atoms with E-state index in [-0.39, 0.29) is 16.8 Å². The first-order valence-corrected chi connectivity index (χ1v) is 9.00. The molecule has 116 valence electrons. The Balaban J connectivity index is 2.34. The number of nitrogens with one attached hydrogen (secondary N) is 1. The molecule has 1 atom stereocenters. The Morgan fingerprint density at radius 2 is 2.14 bits per heavy atom. The molecule has 1 aromatic carbocycles. The van der Waals surface area contributed by atoms with E-state index < -0.39 is 9.84 Å². The summed E-state index contributed by atoms with van der Waals surface area (Å²) in [4.78, 5) is 14.8. The molecule has 0 aromatic heterocycles. The van der Waals surface area contributed by atoms with Gasteiger partial charge in [0, 0.05) is 31.0 Å². The van der Waals surface area contributed by atoms with Gasteiger partial charge in [-0.25, -0.2) is 8.42 Å². The summed E-state index contributed by atoms with van der Waals surface area (Å²) in [6.07, 6.45) is 3.13. The average molecular weight is 310 g/mol. The van der Waals surface area contributed by atoms with Crippen molar-refractivity contribution >= 4 is 15.7 Å². The molecule has 5 nitrogen and oxygen atoms in total. The van der Waals surface area contributed by atoms with Gasteiger partial charge in [-0.15, -0.1) is 0 Å². The van der Waals surface area contributed by atoms with E-state index in [1.54, 1.807) is 12.1 Å². The summed E-state index contributed by atoms with van der Waals surface area (Å²) in [6.45, 7) is 3.33. The van der Waals surface area contributed by atoms with E-state index in [1.807, 2.05) is 18.9 Å². The van der Waals surface area contributed by atoms with Gasteiger partial charge >= 0.3 is 0 Å². The summed E-state index contributed by atoms with van der Waals surface area (Å²) in [5.41, 5.74) is 1.29. The molecule has 1 N–H and O–H groups in total. The summed E-state index contributed by atoms with van der Waals surface area (Å²) in [5, 5.41) is 3.11. The molecule has 1 aromatic rings. The quantitative estimate of drug-likeness (QED) is 0.908. The van der Waals surface area contributed by atoms with Crippen LogP contribution in [0.2, 0.25) is 0 Å². The summed E-state index contributed by atoms with van der Waals surface area (Å²) >= 11 is 0. The first-order chi connectivity index (χ1) is 9.84. The van der Waals surface area contributed by atoms with E-state index in [0.717, 1.165) is 37.8 Å². The summed E-state index contributed by atoms with van der Waals surface area (Å²) in [6, 6.07) is 4.94. The molecule has 6 heteroatoms. The lowest BCUT2D eigenvalue weighted by Gasteiger charge is -2.25. The van der Waals surface area contributed by atoms with Crippen LogP contribution in [-0.4, -0.2) is 51.7 Å². The van der Waals surface area contributed by atoms with Crippen LogP contribution in [0.5, 0.6) is 0 Å². The second-order valence-corrected chi connectivity index (χ2v) is 7.62. The molecule has 0 spiro atoms. The van der Waals surface area contributed by atoms with Gasteiger partial charge in [-0.1, -0.05) is 6.07 Å². The maximum absolute atomic E-state index is 12.7. The van der Waals surface area contributed by atoms with Crippen molar-refractivity contribution in [2.75, 3.05) is 26.4 Å². The van der Waals surface area contributed by atoms with Crippen LogP contribution in [0.3, 0.4) is 0 Å². The zero-order valence-electron chi connectivity index (χ0n) is 12.7. The number of rotatable bonds is 4. The predicted molar refractivity (Wildman–Crippen MR) is 82.3 cm³/mol. The highest BCUT2D eigenvalue weighted by molar-refractivity contribution is 7.90. The van der Waals surface area contributed by atoms with Gasteiger partial charge in [-0.05, 0) is 44.5 Å². The van der Waals surface area contributed by atoms with Gasteiger partial charge in [0.15, 0.2) is 9.84 Å². The van der Waals surface area contributed by atoms with Crippen molar-refractivity contribution in [1.29, 1.82) is 0 Å². The zero-order valence-corrected chi connectivity index (χ0v) is 13.5. The fraction of sp³-hybridized carbons (Fsp3) is 0.533. The van der Waals surface area contributed by atoms with Crippen molar-refractivity contribution < 1.29 is 13.2 Å². The molecule has 0 aliphatic carbocycles. The van der Waals surface area contributed by atoms with Crippen molar-refractivity contribution in [2.24, 2.45) is 0 Å². The van der Waals surface area contributed by atoms with Gasteiger partial charge in [0.05, 0.1) is 4.90 Å². The first-order valence-electron chi connectivity index (χ1n) is 7.11. The highest BCUT2D eigenvalue weighted by Crippen LogP contribution is 2.23. The van der Waals surface area contributed by atoms with Crippen LogP contribution in [0.4, 0.5) is 0 Å². The molecule has 1 aliphatic heterocycles. The molecule has 0 unspecified atom stereocenters. The fourth-order valence-electron chi connectivity index (χ4n) is 2.77. The minimum atomic E-state index is -3.31. The molecule has 0 radical (unpaired) electrons. The predicted octanol–water partition coefficient (Wildman–Crippen LogP) is 1.22. The zero-order chi connectivity index (χ0) is 15.6. The Morgan fingerprint density at radius 3 is 2.76 bits per heavy atom. The Labute approximate surface area is 126 Å². The smallest absolute Gasteiger partial charge is 0.254 e. The van der Waals surface area contributed by atoms with Crippen LogP contribution < -0.4 is 5.32 Å². The van der Waals surface area contributed by atoms with E-state index in [1.165, 1.54) is 6.07 Å². The summed E-state index contributed by atoms with van der Waals surface area (Å²) in [7, 11) is -1.43. The van der Waals surface area contributed by atoms with Gasteiger partial charge in [0.1, 0.15) is 0 Å². The van der Waals surface area contributed by atoms with Gasteiger partial charge in [-0.3, -0.25) is 4.79 Å². The number of likely N-dealkylation sites (tertiary alicyclic amines) is 1. The molecule has 21 heavy (non-hydrogen) atoms. The van der Waals surface area contributed by atoms with E-state index in [4.69, 9.17) is 0 Å². The highest BCUT2D eigenvalue weighted by Gasteiger charge is 2.29. The number of hydrogen-bond acceptors (Lipinski definition) is 4. The van der Waals surface area contributed by atoms with Gasteiger partial charge in [0.25, 0.3) is 5.91 Å². The Morgan fingerprint density at radius 1 is 1.43 bits per heavy atom. The summed E-state index contributed by atoms with van der Waals surface area (Å²) in [5.74, 6) is -0.0734. The van der Waals surface area contributed by atoms with Crippen molar-refractivity contribution in [1.82, 2.24) is 10.2 Å². The minimum Gasteiger partial charge on any atom is -0.334 e. The van der Waals surface area contributed by atoms with Crippen molar-refractivity contribution in [3.05, 3.63) is 29.3 Å². The Hall–Kier alpha value is -1.40. The number of amides is 1. The normalized spacial score (nSPS) is 19.0. The number of carbonyl (C=O) groups is 1. The van der Waals surface area contributed by atoms with Crippen LogP contribution in [0, 0.1) is 6.92 Å². The second-order valence-electron chi connectivity index (χ2n) is 5.60. The maximum atomic E-state index is 12.7. The number of likely N-dealkylation sites (N-methyl/N-ethyl adjacent to an activating group) is 1. The van der Waals surface area contributed by atoms with Gasteiger partial charge in [-0.2, -0.15) is 0 Å². The Kier molecular flexibility index (Phi) is 4.68. The number of nitrogens with zero attached hydrogens (tertiary/aromatic N) is 1. The van der Waals surface area contributed by atoms with E-state index >= 15 is 0 Å². The number of hydrogen-bond donors (Lipinski definition) is 1. The van der Waals surface area contributed by atoms with Crippen molar-refractivity contribution in [3.63, 3.8) is 0 Å². The van der Waals surface area contributed by atoms with E-state index in [2.05, 4.69) is 5.32 Å². The molecule has 1 saturated heterocycles. The maximum Gasteiger partial charge on any atom is 0.254 e. The summed E-state index contributed by atoms with van der Waals surface area (Å²) < 4.78 is 23.3. The van der Waals surface area contributed by atoms with Crippen molar-refractivity contribution in [3.8, 4) is 0 Å². The van der Waals surface area contributed by atoms with Gasteiger partial charge in [0.2, 0.25) is 0 Å². The lowest BCUT2D eigenvalue weighted by atomic mass is 10.1. The molecular weight excluding hydrogens is 288 g/mol. The molecule has 0 bridgehead atoms. The lowest BCUT2D eigenvalue weighted by Crippen LogP contribution is -2.41. The molecule has 0 saturated carbocycles. The topological polar surface area (TPSA) is 66.5 Å². The third kappa shape index (κ3) is 3.44. The largest absolute Gasteiger partial charge is 0.334 e. The SMILES string of the molecule is CNC[C@H]1CCCN1C(=O)c1cc(S(C)(=O)=O)ccc1C. The molecular formula is C15H22N2O3S. The van der Waals surface area contributed by atoms with Gasteiger partial charge < -0.3 is 10.2 Å². The van der Waals surface area contributed by atoms with E-state index in [0.29, 0.717) is 5.56 Å². The molecule has 1 amide bonds. The van der Waals surface area contributed by atoms with Crippen LogP contribution in [0.1, 0.15) is 28.8 Å². The third-order valence-electron chi connectivity index (χ3n) is 3.95. The number of carbonyl (C=O) groups excluding carboxylic acids is 1. The first kappa shape index (κ1) is 16.0.